The monoisotopic (exact) mass is 228 g/mol. The molecule has 2 fully saturated rings. The molecule has 3 rings (SSSR count). The molecule has 1 aliphatic heterocycles. The lowest BCUT2D eigenvalue weighted by Crippen LogP contribution is -2.53. The second-order valence-corrected chi connectivity index (χ2v) is 6.88. The molecule has 1 heterocycles. The van der Waals surface area contributed by atoms with Crippen LogP contribution in [0.4, 0.5) is 0 Å². The number of nitrogens with two attached hydrogens (primary N) is 2. The fourth-order valence-electron chi connectivity index (χ4n) is 3.23. The zero-order valence-corrected chi connectivity index (χ0v) is 9.69. The van der Waals surface area contributed by atoms with Gasteiger partial charge in [0, 0.05) is 12.1 Å². The molecule has 0 saturated heterocycles. The smallest absolute Gasteiger partial charge is 0.0541 e. The SMILES string of the molecule is NC1C2=CSSC2C(N)C2CCCC12. The minimum Gasteiger partial charge on any atom is -0.326 e. The first kappa shape index (κ1) is 9.58. The van der Waals surface area contributed by atoms with Crippen molar-refractivity contribution in [1.29, 1.82) is 0 Å². The third kappa shape index (κ3) is 1.21. The van der Waals surface area contributed by atoms with E-state index in [1.165, 1.54) is 24.8 Å². The Morgan fingerprint density at radius 1 is 1.21 bits per heavy atom. The Labute approximate surface area is 92.6 Å². The maximum absolute atomic E-state index is 6.34. The van der Waals surface area contributed by atoms with Crippen molar-refractivity contribution in [3.05, 3.63) is 11.0 Å². The Morgan fingerprint density at radius 3 is 2.86 bits per heavy atom. The summed E-state index contributed by atoms with van der Waals surface area (Å²) >= 11 is 0. The molecule has 78 valence electrons. The predicted octanol–water partition coefficient (Wildman–Crippen LogP) is 1.72. The molecule has 3 aliphatic rings. The van der Waals surface area contributed by atoms with Crippen LogP contribution in [0.2, 0.25) is 0 Å². The van der Waals surface area contributed by atoms with Crippen LogP contribution in [0.3, 0.4) is 0 Å². The van der Waals surface area contributed by atoms with Crippen LogP contribution in [-0.2, 0) is 0 Å². The first-order valence-corrected chi connectivity index (χ1v) is 7.60. The van der Waals surface area contributed by atoms with Crippen molar-refractivity contribution in [1.82, 2.24) is 0 Å². The summed E-state index contributed by atoms with van der Waals surface area (Å²) in [5.74, 6) is 1.37. The molecule has 0 spiro atoms. The van der Waals surface area contributed by atoms with Crippen LogP contribution < -0.4 is 11.5 Å². The molecule has 0 bridgehead atoms. The lowest BCUT2D eigenvalue weighted by molar-refractivity contribution is 0.261. The average molecular weight is 228 g/mol. The van der Waals surface area contributed by atoms with Crippen LogP contribution in [0.15, 0.2) is 11.0 Å². The summed E-state index contributed by atoms with van der Waals surface area (Å²) in [6, 6.07) is 0.656. The quantitative estimate of drug-likeness (QED) is 0.620. The molecule has 0 aromatic carbocycles. The summed E-state index contributed by atoms with van der Waals surface area (Å²) < 4.78 is 0. The molecular formula is C10H16N2S2. The summed E-state index contributed by atoms with van der Waals surface area (Å²) in [5.41, 5.74) is 14.1. The van der Waals surface area contributed by atoms with E-state index in [0.29, 0.717) is 29.2 Å². The maximum atomic E-state index is 6.34. The Hall–Kier alpha value is 0.360. The van der Waals surface area contributed by atoms with E-state index in [2.05, 4.69) is 5.41 Å². The third-order valence-corrected chi connectivity index (χ3v) is 6.50. The molecule has 14 heavy (non-hydrogen) atoms. The molecule has 0 aromatic rings. The van der Waals surface area contributed by atoms with Crippen LogP contribution in [0.25, 0.3) is 0 Å². The molecule has 5 unspecified atom stereocenters. The minimum atomic E-state index is 0.301. The standard InChI is InChI=1S/C10H16N2S2/c11-8-5-2-1-3-6(5)9(12)10-7(8)4-13-14-10/h4-6,8-10H,1-3,11-12H2. The Morgan fingerprint density at radius 2 is 2.00 bits per heavy atom. The highest BCUT2D eigenvalue weighted by Gasteiger charge is 2.48. The zero-order valence-electron chi connectivity index (χ0n) is 8.06. The first-order chi connectivity index (χ1) is 6.79. The van der Waals surface area contributed by atoms with E-state index in [1.54, 1.807) is 0 Å². The van der Waals surface area contributed by atoms with Crippen LogP contribution in [0.5, 0.6) is 0 Å². The van der Waals surface area contributed by atoms with Gasteiger partial charge in [-0.25, -0.2) is 0 Å². The van der Waals surface area contributed by atoms with Gasteiger partial charge in [0.05, 0.1) is 5.25 Å². The van der Waals surface area contributed by atoms with Gasteiger partial charge in [-0.1, -0.05) is 28.0 Å². The van der Waals surface area contributed by atoms with Gasteiger partial charge in [0.1, 0.15) is 0 Å². The van der Waals surface area contributed by atoms with Crippen molar-refractivity contribution in [2.24, 2.45) is 23.3 Å². The van der Waals surface area contributed by atoms with Gasteiger partial charge in [0.2, 0.25) is 0 Å². The minimum absolute atomic E-state index is 0.301. The van der Waals surface area contributed by atoms with Crippen molar-refractivity contribution >= 4 is 21.6 Å². The van der Waals surface area contributed by atoms with Crippen LogP contribution in [0, 0.1) is 11.8 Å². The topological polar surface area (TPSA) is 52.0 Å². The first-order valence-electron chi connectivity index (χ1n) is 5.32. The predicted molar refractivity (Wildman–Crippen MR) is 63.8 cm³/mol. The summed E-state index contributed by atoms with van der Waals surface area (Å²) in [4.78, 5) is 0. The van der Waals surface area contributed by atoms with Gasteiger partial charge < -0.3 is 11.5 Å². The summed E-state index contributed by atoms with van der Waals surface area (Å²) in [5, 5.41) is 2.75. The lowest BCUT2D eigenvalue weighted by Gasteiger charge is -2.41. The van der Waals surface area contributed by atoms with Gasteiger partial charge in [-0.15, -0.1) is 0 Å². The fraction of sp³-hybridized carbons (Fsp3) is 0.800. The number of hydrogen-bond donors (Lipinski definition) is 2. The molecular weight excluding hydrogens is 212 g/mol. The summed E-state index contributed by atoms with van der Waals surface area (Å²) in [6.07, 6.45) is 3.92. The highest BCUT2D eigenvalue weighted by molar-refractivity contribution is 8.78. The average Bonchev–Trinajstić information content (AvgIpc) is 2.82. The number of fused-ring (bicyclic) bond motifs is 2. The van der Waals surface area contributed by atoms with Crippen LogP contribution in [0.1, 0.15) is 19.3 Å². The molecule has 0 amide bonds. The van der Waals surface area contributed by atoms with E-state index in [4.69, 9.17) is 11.5 Å². The maximum Gasteiger partial charge on any atom is 0.0541 e. The number of rotatable bonds is 0. The lowest BCUT2D eigenvalue weighted by atomic mass is 9.73. The van der Waals surface area contributed by atoms with Gasteiger partial charge >= 0.3 is 0 Å². The van der Waals surface area contributed by atoms with E-state index in [9.17, 15) is 0 Å². The second kappa shape index (κ2) is 3.44. The van der Waals surface area contributed by atoms with E-state index in [0.717, 1.165) is 0 Å². The Kier molecular flexibility index (Phi) is 2.35. The molecule has 0 radical (unpaired) electrons. The largest absolute Gasteiger partial charge is 0.326 e. The highest BCUT2D eigenvalue weighted by Crippen LogP contribution is 2.53. The molecule has 5 atom stereocenters. The zero-order chi connectivity index (χ0) is 9.71. The molecule has 0 aromatic heterocycles. The third-order valence-electron chi connectivity index (χ3n) is 3.99. The summed E-state index contributed by atoms with van der Waals surface area (Å²) in [7, 11) is 3.73. The van der Waals surface area contributed by atoms with Crippen molar-refractivity contribution in [3.63, 3.8) is 0 Å². The Bertz CT molecular complexity index is 279. The molecule has 2 saturated carbocycles. The fourth-order valence-corrected chi connectivity index (χ4v) is 6.15. The molecule has 4 N–H and O–H groups in total. The van der Waals surface area contributed by atoms with E-state index < -0.39 is 0 Å². The van der Waals surface area contributed by atoms with Gasteiger partial charge in [0.15, 0.2) is 0 Å². The van der Waals surface area contributed by atoms with E-state index >= 15 is 0 Å². The van der Waals surface area contributed by atoms with Crippen molar-refractivity contribution in [3.8, 4) is 0 Å². The molecule has 2 aliphatic carbocycles. The van der Waals surface area contributed by atoms with E-state index in [-0.39, 0.29) is 0 Å². The normalized spacial score (nSPS) is 51.3. The van der Waals surface area contributed by atoms with E-state index in [1.807, 2.05) is 21.6 Å². The van der Waals surface area contributed by atoms with Gasteiger partial charge in [0.25, 0.3) is 0 Å². The summed E-state index contributed by atoms with van der Waals surface area (Å²) in [6.45, 7) is 0. The number of hydrogen-bond acceptors (Lipinski definition) is 4. The van der Waals surface area contributed by atoms with Crippen molar-refractivity contribution < 1.29 is 0 Å². The van der Waals surface area contributed by atoms with Gasteiger partial charge in [-0.05, 0) is 35.7 Å². The van der Waals surface area contributed by atoms with Crippen LogP contribution in [-0.4, -0.2) is 17.3 Å². The van der Waals surface area contributed by atoms with Crippen molar-refractivity contribution in [2.45, 2.75) is 36.6 Å². The highest BCUT2D eigenvalue weighted by atomic mass is 33.1. The second-order valence-electron chi connectivity index (χ2n) is 4.59. The molecule has 2 nitrogen and oxygen atoms in total. The van der Waals surface area contributed by atoms with Crippen molar-refractivity contribution in [2.75, 3.05) is 0 Å². The van der Waals surface area contributed by atoms with Gasteiger partial charge in [-0.3, -0.25) is 0 Å². The Balaban J connectivity index is 1.94. The van der Waals surface area contributed by atoms with Gasteiger partial charge in [-0.2, -0.15) is 0 Å². The van der Waals surface area contributed by atoms with Crippen LogP contribution >= 0.6 is 21.6 Å². The molecule has 4 heteroatoms.